The van der Waals surface area contributed by atoms with E-state index >= 15 is 0 Å². The maximum absolute atomic E-state index is 11.1. The zero-order valence-electron chi connectivity index (χ0n) is 20.5. The molecular weight excluding hydrogens is 452 g/mol. The zero-order valence-corrected chi connectivity index (χ0v) is 20.5. The lowest BCUT2D eigenvalue weighted by Gasteiger charge is -2.43. The molecule has 5 rings (SSSR count). The van der Waals surface area contributed by atoms with Crippen molar-refractivity contribution in [2.24, 2.45) is 0 Å². The second-order valence-corrected chi connectivity index (χ2v) is 9.24. The monoisotopic (exact) mass is 484 g/mol. The summed E-state index contributed by atoms with van der Waals surface area (Å²) < 4.78 is 24.3. The predicted molar refractivity (Wildman–Crippen MR) is 142 cm³/mol. The summed E-state index contributed by atoms with van der Waals surface area (Å²) in [7, 11) is 0. The molecule has 4 aromatic carbocycles. The molecule has 4 aromatic rings. The molecule has 0 saturated carbocycles. The Labute approximate surface area is 211 Å². The summed E-state index contributed by atoms with van der Waals surface area (Å²) in [5, 5.41) is 15.8. The number of fused-ring (bicyclic) bond motifs is 2. The Morgan fingerprint density at radius 2 is 1.28 bits per heavy atom. The van der Waals surface area contributed by atoms with Crippen LogP contribution in [-0.4, -0.2) is 42.4 Å². The first kappa shape index (κ1) is 24.6. The first-order valence-electron chi connectivity index (χ1n) is 12.4. The van der Waals surface area contributed by atoms with Crippen LogP contribution in [0.1, 0.15) is 18.1 Å². The van der Waals surface area contributed by atoms with Gasteiger partial charge in [-0.05, 0) is 51.7 Å². The summed E-state index contributed by atoms with van der Waals surface area (Å²) in [5.41, 5.74) is 2.07. The first-order chi connectivity index (χ1) is 17.6. The molecule has 0 spiro atoms. The van der Waals surface area contributed by atoms with Crippen molar-refractivity contribution >= 4 is 21.5 Å². The van der Waals surface area contributed by atoms with Crippen LogP contribution in [0.3, 0.4) is 0 Å². The van der Waals surface area contributed by atoms with Gasteiger partial charge in [0.25, 0.3) is 0 Å². The minimum absolute atomic E-state index is 0.272. The van der Waals surface area contributed by atoms with Gasteiger partial charge in [0.1, 0.15) is 18.3 Å². The SMILES string of the molecule is C=CCO[C@@H]1O[C@@H](C)[C@H](OCc2ccc3ccccc3c2)[C@@H](OCc2ccc3ccccc3c2)[C@H]1O. The molecule has 0 amide bonds. The number of ether oxygens (including phenoxy) is 4. The van der Waals surface area contributed by atoms with Gasteiger partial charge in [0.2, 0.25) is 0 Å². The molecule has 1 aliphatic rings. The van der Waals surface area contributed by atoms with Gasteiger partial charge in [0, 0.05) is 0 Å². The number of hydrogen-bond donors (Lipinski definition) is 1. The van der Waals surface area contributed by atoms with Crippen LogP contribution in [0.4, 0.5) is 0 Å². The van der Waals surface area contributed by atoms with Crippen LogP contribution in [0.5, 0.6) is 0 Å². The summed E-state index contributed by atoms with van der Waals surface area (Å²) in [4.78, 5) is 0. The smallest absolute Gasteiger partial charge is 0.186 e. The normalized spacial score (nSPS) is 24.2. The molecule has 5 heteroatoms. The Morgan fingerprint density at radius 1 is 0.750 bits per heavy atom. The first-order valence-corrected chi connectivity index (χ1v) is 12.4. The van der Waals surface area contributed by atoms with E-state index in [2.05, 4.69) is 61.2 Å². The average molecular weight is 485 g/mol. The summed E-state index contributed by atoms with van der Waals surface area (Å²) >= 11 is 0. The summed E-state index contributed by atoms with van der Waals surface area (Å²) in [6.45, 7) is 6.60. The second-order valence-electron chi connectivity index (χ2n) is 9.24. The van der Waals surface area contributed by atoms with E-state index in [-0.39, 0.29) is 12.7 Å². The highest BCUT2D eigenvalue weighted by Crippen LogP contribution is 2.29. The molecule has 36 heavy (non-hydrogen) atoms. The molecule has 0 aliphatic carbocycles. The fourth-order valence-electron chi connectivity index (χ4n) is 4.75. The Kier molecular flexibility index (Phi) is 7.75. The lowest BCUT2D eigenvalue weighted by molar-refractivity contribution is -0.307. The Morgan fingerprint density at radius 3 is 1.83 bits per heavy atom. The van der Waals surface area contributed by atoms with Crippen LogP contribution in [0.2, 0.25) is 0 Å². The molecule has 186 valence electrons. The van der Waals surface area contributed by atoms with E-state index < -0.39 is 24.6 Å². The van der Waals surface area contributed by atoms with Crippen molar-refractivity contribution in [1.29, 1.82) is 0 Å². The number of benzene rings is 4. The van der Waals surface area contributed by atoms with Gasteiger partial charge in [-0.15, -0.1) is 6.58 Å². The van der Waals surface area contributed by atoms with Gasteiger partial charge in [0.15, 0.2) is 6.29 Å². The van der Waals surface area contributed by atoms with E-state index in [0.29, 0.717) is 13.2 Å². The molecule has 5 atom stereocenters. The Hall–Kier alpha value is -3.06. The number of hydrogen-bond acceptors (Lipinski definition) is 5. The van der Waals surface area contributed by atoms with Gasteiger partial charge in [0.05, 0.1) is 25.9 Å². The average Bonchev–Trinajstić information content (AvgIpc) is 2.91. The van der Waals surface area contributed by atoms with Crippen molar-refractivity contribution in [3.05, 3.63) is 109 Å². The van der Waals surface area contributed by atoms with Gasteiger partial charge in [-0.1, -0.05) is 78.9 Å². The molecule has 0 radical (unpaired) electrons. The molecular formula is C31H32O5. The fraction of sp³-hybridized carbons (Fsp3) is 0.290. The number of rotatable bonds is 9. The highest BCUT2D eigenvalue weighted by molar-refractivity contribution is 5.83. The topological polar surface area (TPSA) is 57.2 Å². The van der Waals surface area contributed by atoms with E-state index in [1.54, 1.807) is 6.08 Å². The van der Waals surface area contributed by atoms with Gasteiger partial charge in [-0.25, -0.2) is 0 Å². The molecule has 1 N–H and O–H groups in total. The van der Waals surface area contributed by atoms with Crippen LogP contribution in [0, 0.1) is 0 Å². The third-order valence-electron chi connectivity index (χ3n) is 6.64. The zero-order chi connectivity index (χ0) is 24.9. The van der Waals surface area contributed by atoms with E-state index in [0.717, 1.165) is 21.9 Å². The van der Waals surface area contributed by atoms with E-state index in [4.69, 9.17) is 18.9 Å². The lowest BCUT2D eigenvalue weighted by Crippen LogP contribution is -2.59. The lowest BCUT2D eigenvalue weighted by atomic mass is 9.98. The second kappa shape index (κ2) is 11.3. The van der Waals surface area contributed by atoms with Crippen LogP contribution >= 0.6 is 0 Å². The highest BCUT2D eigenvalue weighted by atomic mass is 16.7. The summed E-state index contributed by atoms with van der Waals surface area (Å²) in [6, 6.07) is 29.0. The predicted octanol–water partition coefficient (Wildman–Crippen LogP) is 5.77. The van der Waals surface area contributed by atoms with E-state index in [9.17, 15) is 5.11 Å². The quantitative estimate of drug-likeness (QED) is 0.306. The number of aliphatic hydroxyl groups is 1. The molecule has 1 heterocycles. The van der Waals surface area contributed by atoms with Crippen molar-refractivity contribution in [3.8, 4) is 0 Å². The van der Waals surface area contributed by atoms with E-state index in [1.807, 2.05) is 37.3 Å². The van der Waals surface area contributed by atoms with Crippen LogP contribution in [-0.2, 0) is 32.2 Å². The maximum Gasteiger partial charge on any atom is 0.186 e. The standard InChI is InChI=1S/C31H32O5/c1-3-16-33-31-28(32)30(35-20-23-13-15-25-9-5-7-11-27(25)18-23)29(21(2)36-31)34-19-22-12-14-24-8-4-6-10-26(24)17-22/h3-15,17-18,21,28-32H,1,16,19-20H2,2H3/t21-,28+,29-,30-,31+/m0/s1. The van der Waals surface area contributed by atoms with Crippen molar-refractivity contribution in [2.45, 2.75) is 50.8 Å². The highest BCUT2D eigenvalue weighted by Gasteiger charge is 2.45. The molecule has 0 bridgehead atoms. The minimum Gasteiger partial charge on any atom is -0.385 e. The largest absolute Gasteiger partial charge is 0.385 e. The molecule has 5 nitrogen and oxygen atoms in total. The van der Waals surface area contributed by atoms with Crippen molar-refractivity contribution in [2.75, 3.05) is 6.61 Å². The molecule has 1 fully saturated rings. The summed E-state index contributed by atoms with van der Waals surface area (Å²) in [6.07, 6.45) is -1.65. The van der Waals surface area contributed by atoms with Gasteiger partial charge < -0.3 is 24.1 Å². The van der Waals surface area contributed by atoms with Crippen molar-refractivity contribution in [3.63, 3.8) is 0 Å². The molecule has 0 aromatic heterocycles. The Balaban J connectivity index is 1.33. The fourth-order valence-corrected chi connectivity index (χ4v) is 4.75. The molecule has 1 saturated heterocycles. The van der Waals surface area contributed by atoms with Gasteiger partial charge in [-0.3, -0.25) is 0 Å². The Bertz CT molecular complexity index is 1320. The minimum atomic E-state index is -1.01. The van der Waals surface area contributed by atoms with Crippen LogP contribution in [0.25, 0.3) is 21.5 Å². The van der Waals surface area contributed by atoms with Gasteiger partial charge >= 0.3 is 0 Å². The van der Waals surface area contributed by atoms with Crippen molar-refractivity contribution < 1.29 is 24.1 Å². The molecule has 1 aliphatic heterocycles. The van der Waals surface area contributed by atoms with Crippen LogP contribution < -0.4 is 0 Å². The van der Waals surface area contributed by atoms with Crippen LogP contribution in [0.15, 0.2) is 97.6 Å². The van der Waals surface area contributed by atoms with E-state index in [1.165, 1.54) is 10.8 Å². The summed E-state index contributed by atoms with van der Waals surface area (Å²) in [5.74, 6) is 0. The maximum atomic E-state index is 11.1. The van der Waals surface area contributed by atoms with Gasteiger partial charge in [-0.2, -0.15) is 0 Å². The third kappa shape index (κ3) is 5.51. The van der Waals surface area contributed by atoms with Crippen molar-refractivity contribution in [1.82, 2.24) is 0 Å². The molecule has 0 unspecified atom stereocenters. The third-order valence-corrected chi connectivity index (χ3v) is 6.64. The number of aliphatic hydroxyl groups excluding tert-OH is 1.